The number of morpholine rings is 1. The summed E-state index contributed by atoms with van der Waals surface area (Å²) in [6, 6.07) is 0. The molecular weight excluding hydrogens is 150 g/mol. The highest BCUT2D eigenvalue weighted by Gasteiger charge is 2.08. The summed E-state index contributed by atoms with van der Waals surface area (Å²) in [5, 5.41) is 0. The fourth-order valence-electron chi connectivity index (χ4n) is 1.39. The molecule has 0 aromatic rings. The van der Waals surface area contributed by atoms with Crippen molar-refractivity contribution in [2.45, 2.75) is 6.42 Å². The zero-order valence-electron chi connectivity index (χ0n) is 7.28. The first kappa shape index (κ1) is 7.87. The lowest BCUT2D eigenvalue weighted by Crippen LogP contribution is -2.32. The standard InChI is InChI=1S/C10H15NO/c1-2-10(3-1)4-5-11-6-8-12-9-7-11/h1-2,4-5,10H,3,6-9H2. The third kappa shape index (κ3) is 1.89. The molecular formula is C10H15NO. The molecule has 1 atom stereocenters. The van der Waals surface area contributed by atoms with Gasteiger partial charge in [0.2, 0.25) is 0 Å². The predicted molar refractivity (Wildman–Crippen MR) is 48.8 cm³/mol. The Hall–Kier alpha value is -0.760. The Kier molecular flexibility index (Phi) is 2.47. The normalized spacial score (nSPS) is 29.3. The maximum absolute atomic E-state index is 5.26. The van der Waals surface area contributed by atoms with Crippen LogP contribution in [0.3, 0.4) is 0 Å². The predicted octanol–water partition coefficient (Wildman–Crippen LogP) is 1.41. The van der Waals surface area contributed by atoms with E-state index < -0.39 is 0 Å². The van der Waals surface area contributed by atoms with Crippen LogP contribution in [-0.4, -0.2) is 31.2 Å². The third-order valence-corrected chi connectivity index (χ3v) is 2.38. The van der Waals surface area contributed by atoms with Gasteiger partial charge in [0.1, 0.15) is 0 Å². The Morgan fingerprint density at radius 2 is 2.08 bits per heavy atom. The number of hydrogen-bond acceptors (Lipinski definition) is 2. The topological polar surface area (TPSA) is 12.5 Å². The van der Waals surface area contributed by atoms with E-state index in [4.69, 9.17) is 4.74 Å². The molecule has 0 saturated carbocycles. The van der Waals surface area contributed by atoms with Crippen LogP contribution in [0.4, 0.5) is 0 Å². The van der Waals surface area contributed by atoms with Crippen LogP contribution in [0.5, 0.6) is 0 Å². The van der Waals surface area contributed by atoms with Gasteiger partial charge >= 0.3 is 0 Å². The highest BCUT2D eigenvalue weighted by Crippen LogP contribution is 2.17. The van der Waals surface area contributed by atoms with Crippen molar-refractivity contribution in [3.63, 3.8) is 0 Å². The Balaban J connectivity index is 1.76. The Bertz CT molecular complexity index is 192. The molecule has 1 unspecified atom stereocenters. The van der Waals surface area contributed by atoms with Gasteiger partial charge in [0, 0.05) is 13.1 Å². The van der Waals surface area contributed by atoms with Crippen molar-refractivity contribution in [1.82, 2.24) is 4.90 Å². The average Bonchev–Trinajstić information content (AvgIpc) is 2.04. The third-order valence-electron chi connectivity index (χ3n) is 2.38. The van der Waals surface area contributed by atoms with Crippen LogP contribution in [0, 0.1) is 5.92 Å². The van der Waals surface area contributed by atoms with Gasteiger partial charge in [-0.15, -0.1) is 0 Å². The summed E-state index contributed by atoms with van der Waals surface area (Å²) in [6.45, 7) is 3.86. The molecule has 2 aliphatic rings. The molecule has 1 saturated heterocycles. The lowest BCUT2D eigenvalue weighted by Gasteiger charge is -2.26. The first-order valence-electron chi connectivity index (χ1n) is 4.62. The largest absolute Gasteiger partial charge is 0.378 e. The zero-order valence-corrected chi connectivity index (χ0v) is 7.28. The molecule has 66 valence electrons. The van der Waals surface area contributed by atoms with Crippen LogP contribution in [0.15, 0.2) is 24.4 Å². The Morgan fingerprint density at radius 3 is 2.67 bits per heavy atom. The second kappa shape index (κ2) is 3.76. The Labute approximate surface area is 73.5 Å². The van der Waals surface area contributed by atoms with E-state index in [1.54, 1.807) is 0 Å². The second-order valence-electron chi connectivity index (χ2n) is 3.32. The van der Waals surface area contributed by atoms with Crippen molar-refractivity contribution in [3.05, 3.63) is 24.4 Å². The molecule has 1 heterocycles. The number of ether oxygens (including phenoxy) is 1. The summed E-state index contributed by atoms with van der Waals surface area (Å²) in [5.41, 5.74) is 0. The van der Waals surface area contributed by atoms with E-state index in [-0.39, 0.29) is 0 Å². The van der Waals surface area contributed by atoms with Gasteiger partial charge in [-0.1, -0.05) is 18.2 Å². The van der Waals surface area contributed by atoms with Crippen molar-refractivity contribution in [2.24, 2.45) is 5.92 Å². The summed E-state index contributed by atoms with van der Waals surface area (Å²) in [5.74, 6) is 0.702. The van der Waals surface area contributed by atoms with E-state index in [2.05, 4.69) is 29.3 Å². The van der Waals surface area contributed by atoms with Crippen molar-refractivity contribution in [2.75, 3.05) is 26.3 Å². The number of nitrogens with zero attached hydrogens (tertiary/aromatic N) is 1. The van der Waals surface area contributed by atoms with E-state index in [9.17, 15) is 0 Å². The molecule has 0 aromatic heterocycles. The summed E-state index contributed by atoms with van der Waals surface area (Å²) in [4.78, 5) is 2.33. The van der Waals surface area contributed by atoms with Gasteiger partial charge < -0.3 is 9.64 Å². The minimum absolute atomic E-state index is 0.702. The molecule has 0 N–H and O–H groups in total. The van der Waals surface area contributed by atoms with Crippen molar-refractivity contribution < 1.29 is 4.74 Å². The number of rotatable bonds is 2. The van der Waals surface area contributed by atoms with Crippen LogP contribution in [0.1, 0.15) is 6.42 Å². The van der Waals surface area contributed by atoms with E-state index in [0.717, 1.165) is 26.3 Å². The molecule has 1 aliphatic heterocycles. The van der Waals surface area contributed by atoms with Gasteiger partial charge in [0.15, 0.2) is 0 Å². The Morgan fingerprint density at radius 1 is 1.33 bits per heavy atom. The van der Waals surface area contributed by atoms with Crippen LogP contribution in [0.2, 0.25) is 0 Å². The van der Waals surface area contributed by atoms with Gasteiger partial charge in [-0.2, -0.15) is 0 Å². The molecule has 0 aromatic carbocycles. The summed E-state index contributed by atoms with van der Waals surface area (Å²) < 4.78 is 5.26. The molecule has 2 heteroatoms. The number of hydrogen-bond donors (Lipinski definition) is 0. The van der Waals surface area contributed by atoms with Crippen LogP contribution in [-0.2, 0) is 4.74 Å². The average molecular weight is 165 g/mol. The molecule has 0 spiro atoms. The summed E-state index contributed by atoms with van der Waals surface area (Å²) in [7, 11) is 0. The molecule has 0 amide bonds. The lowest BCUT2D eigenvalue weighted by molar-refractivity contribution is 0.0592. The van der Waals surface area contributed by atoms with Gasteiger partial charge in [-0.25, -0.2) is 0 Å². The molecule has 12 heavy (non-hydrogen) atoms. The minimum Gasteiger partial charge on any atom is -0.378 e. The van der Waals surface area contributed by atoms with E-state index >= 15 is 0 Å². The first-order valence-corrected chi connectivity index (χ1v) is 4.62. The highest BCUT2D eigenvalue weighted by atomic mass is 16.5. The van der Waals surface area contributed by atoms with Gasteiger partial charge in [-0.05, 0) is 18.5 Å². The zero-order chi connectivity index (χ0) is 8.23. The van der Waals surface area contributed by atoms with Crippen LogP contribution >= 0.6 is 0 Å². The van der Waals surface area contributed by atoms with E-state index in [1.165, 1.54) is 6.42 Å². The lowest BCUT2D eigenvalue weighted by atomic mass is 9.95. The first-order chi connectivity index (χ1) is 5.95. The van der Waals surface area contributed by atoms with E-state index in [0.29, 0.717) is 5.92 Å². The molecule has 0 bridgehead atoms. The number of allylic oxidation sites excluding steroid dienone is 3. The quantitative estimate of drug-likeness (QED) is 0.574. The van der Waals surface area contributed by atoms with Crippen molar-refractivity contribution in [1.29, 1.82) is 0 Å². The molecule has 2 nitrogen and oxygen atoms in total. The SMILES string of the molecule is C1=CC(C=CN2CCOCC2)C1. The van der Waals surface area contributed by atoms with Crippen LogP contribution in [0.25, 0.3) is 0 Å². The fourth-order valence-corrected chi connectivity index (χ4v) is 1.39. The molecule has 2 rings (SSSR count). The monoisotopic (exact) mass is 165 g/mol. The van der Waals surface area contributed by atoms with Gasteiger partial charge in [-0.3, -0.25) is 0 Å². The maximum Gasteiger partial charge on any atom is 0.0642 e. The fraction of sp³-hybridized carbons (Fsp3) is 0.600. The maximum atomic E-state index is 5.26. The van der Waals surface area contributed by atoms with Crippen LogP contribution < -0.4 is 0 Å². The highest BCUT2D eigenvalue weighted by molar-refractivity contribution is 5.10. The van der Waals surface area contributed by atoms with Gasteiger partial charge in [0.25, 0.3) is 0 Å². The smallest absolute Gasteiger partial charge is 0.0642 e. The summed E-state index contributed by atoms with van der Waals surface area (Å²) in [6.07, 6.45) is 10.2. The van der Waals surface area contributed by atoms with E-state index in [1.807, 2.05) is 0 Å². The molecule has 0 radical (unpaired) electrons. The van der Waals surface area contributed by atoms with Gasteiger partial charge in [0.05, 0.1) is 13.2 Å². The second-order valence-corrected chi connectivity index (χ2v) is 3.32. The minimum atomic E-state index is 0.702. The van der Waals surface area contributed by atoms with Crippen molar-refractivity contribution in [3.8, 4) is 0 Å². The van der Waals surface area contributed by atoms with Crippen molar-refractivity contribution >= 4 is 0 Å². The molecule has 1 fully saturated rings. The summed E-state index contributed by atoms with van der Waals surface area (Å²) >= 11 is 0. The molecule has 1 aliphatic carbocycles.